The summed E-state index contributed by atoms with van der Waals surface area (Å²) in [7, 11) is 0. The zero-order chi connectivity index (χ0) is 12.8. The maximum Gasteiger partial charge on any atom is 0.161 e. The molecule has 2 heteroatoms. The fourth-order valence-electron chi connectivity index (χ4n) is 3.12. The molecule has 94 valence electrons. The van der Waals surface area contributed by atoms with Crippen LogP contribution in [0.2, 0.25) is 0 Å². The van der Waals surface area contributed by atoms with Gasteiger partial charge in [-0.3, -0.25) is 0 Å². The molecular formula is C15H22O2. The van der Waals surface area contributed by atoms with E-state index in [1.165, 1.54) is 6.42 Å². The quantitative estimate of drug-likeness (QED) is 0.724. The Labute approximate surface area is 103 Å². The molecule has 0 spiro atoms. The zero-order valence-corrected chi connectivity index (χ0v) is 11.2. The van der Waals surface area contributed by atoms with E-state index in [4.69, 9.17) is 0 Å². The molecule has 0 aromatic heterocycles. The summed E-state index contributed by atoms with van der Waals surface area (Å²) in [4.78, 5) is 0. The molecule has 0 radical (unpaired) electrons. The van der Waals surface area contributed by atoms with Gasteiger partial charge in [0.25, 0.3) is 0 Å². The Morgan fingerprint density at radius 1 is 1.00 bits per heavy atom. The van der Waals surface area contributed by atoms with Gasteiger partial charge in [-0.2, -0.15) is 0 Å². The topological polar surface area (TPSA) is 40.5 Å². The SMILES string of the molecule is Cc1ccc([C@]2(C)CCCC2(C)C)c(O)c1O. The molecule has 1 saturated carbocycles. The first-order valence-corrected chi connectivity index (χ1v) is 6.32. The molecule has 2 N–H and O–H groups in total. The second-order valence-corrected chi connectivity index (χ2v) is 6.20. The highest BCUT2D eigenvalue weighted by Gasteiger charge is 2.47. The summed E-state index contributed by atoms with van der Waals surface area (Å²) >= 11 is 0. The van der Waals surface area contributed by atoms with E-state index < -0.39 is 0 Å². The average Bonchev–Trinajstić information content (AvgIpc) is 2.51. The Morgan fingerprint density at radius 3 is 2.18 bits per heavy atom. The van der Waals surface area contributed by atoms with Crippen molar-refractivity contribution in [3.8, 4) is 11.5 Å². The summed E-state index contributed by atoms with van der Waals surface area (Å²) in [5.74, 6) is 0.105. The fraction of sp³-hybridized carbons (Fsp3) is 0.600. The Balaban J connectivity index is 2.58. The first-order chi connectivity index (χ1) is 7.79. The number of benzene rings is 1. The summed E-state index contributed by atoms with van der Waals surface area (Å²) in [5, 5.41) is 20.1. The molecule has 1 atom stereocenters. The van der Waals surface area contributed by atoms with Gasteiger partial charge in [-0.05, 0) is 30.7 Å². The number of hydrogen-bond acceptors (Lipinski definition) is 2. The number of aromatic hydroxyl groups is 2. The van der Waals surface area contributed by atoms with Gasteiger partial charge < -0.3 is 10.2 Å². The third-order valence-electron chi connectivity index (χ3n) is 4.92. The maximum atomic E-state index is 10.2. The molecule has 17 heavy (non-hydrogen) atoms. The minimum Gasteiger partial charge on any atom is -0.504 e. The minimum absolute atomic E-state index is 0.0337. The molecule has 1 aliphatic rings. The van der Waals surface area contributed by atoms with Crippen LogP contribution in [0.4, 0.5) is 0 Å². The van der Waals surface area contributed by atoms with Crippen LogP contribution < -0.4 is 0 Å². The Kier molecular flexibility index (Phi) is 2.64. The van der Waals surface area contributed by atoms with E-state index in [0.717, 1.165) is 24.0 Å². The molecule has 0 amide bonds. The van der Waals surface area contributed by atoms with Crippen molar-refractivity contribution in [2.75, 3.05) is 0 Å². The second-order valence-electron chi connectivity index (χ2n) is 6.20. The Morgan fingerprint density at radius 2 is 1.65 bits per heavy atom. The van der Waals surface area contributed by atoms with Crippen LogP contribution in [0.1, 0.15) is 51.2 Å². The minimum atomic E-state index is -0.0533. The number of phenols is 2. The van der Waals surface area contributed by atoms with Crippen LogP contribution in [0.3, 0.4) is 0 Å². The van der Waals surface area contributed by atoms with Crippen LogP contribution in [0.25, 0.3) is 0 Å². The zero-order valence-electron chi connectivity index (χ0n) is 11.2. The fourth-order valence-corrected chi connectivity index (χ4v) is 3.12. The van der Waals surface area contributed by atoms with E-state index in [2.05, 4.69) is 20.8 Å². The van der Waals surface area contributed by atoms with E-state index in [1.54, 1.807) is 6.92 Å². The highest BCUT2D eigenvalue weighted by atomic mass is 16.3. The van der Waals surface area contributed by atoms with Crippen molar-refractivity contribution in [1.29, 1.82) is 0 Å². The predicted octanol–water partition coefficient (Wildman–Crippen LogP) is 3.87. The van der Waals surface area contributed by atoms with E-state index in [0.29, 0.717) is 0 Å². The largest absolute Gasteiger partial charge is 0.504 e. The molecular weight excluding hydrogens is 212 g/mol. The van der Waals surface area contributed by atoms with Crippen molar-refractivity contribution in [3.63, 3.8) is 0 Å². The van der Waals surface area contributed by atoms with E-state index in [1.807, 2.05) is 12.1 Å². The lowest BCUT2D eigenvalue weighted by Crippen LogP contribution is -2.34. The molecule has 1 aromatic rings. The van der Waals surface area contributed by atoms with Crippen molar-refractivity contribution in [2.24, 2.45) is 5.41 Å². The van der Waals surface area contributed by atoms with Gasteiger partial charge in [0, 0.05) is 11.0 Å². The molecule has 2 rings (SSSR count). The molecule has 0 saturated heterocycles. The number of rotatable bonds is 1. The smallest absolute Gasteiger partial charge is 0.161 e. The van der Waals surface area contributed by atoms with Gasteiger partial charge in [-0.1, -0.05) is 39.3 Å². The third-order valence-corrected chi connectivity index (χ3v) is 4.92. The normalized spacial score (nSPS) is 27.3. The van der Waals surface area contributed by atoms with E-state index in [9.17, 15) is 10.2 Å². The Hall–Kier alpha value is -1.18. The van der Waals surface area contributed by atoms with Crippen LogP contribution in [0.5, 0.6) is 11.5 Å². The van der Waals surface area contributed by atoms with Crippen molar-refractivity contribution in [2.45, 2.75) is 52.4 Å². The van der Waals surface area contributed by atoms with Crippen LogP contribution in [-0.2, 0) is 5.41 Å². The maximum absolute atomic E-state index is 10.2. The predicted molar refractivity (Wildman–Crippen MR) is 69.5 cm³/mol. The lowest BCUT2D eigenvalue weighted by atomic mass is 9.65. The molecule has 0 heterocycles. The van der Waals surface area contributed by atoms with Crippen LogP contribution in [-0.4, -0.2) is 10.2 Å². The van der Waals surface area contributed by atoms with Gasteiger partial charge >= 0.3 is 0 Å². The molecule has 0 bridgehead atoms. The highest BCUT2D eigenvalue weighted by molar-refractivity contribution is 5.53. The van der Waals surface area contributed by atoms with Gasteiger partial charge in [0.1, 0.15) is 0 Å². The van der Waals surface area contributed by atoms with Crippen LogP contribution >= 0.6 is 0 Å². The third kappa shape index (κ3) is 1.62. The van der Waals surface area contributed by atoms with E-state index in [-0.39, 0.29) is 22.3 Å². The summed E-state index contributed by atoms with van der Waals surface area (Å²) in [6.07, 6.45) is 3.41. The van der Waals surface area contributed by atoms with Crippen LogP contribution in [0.15, 0.2) is 12.1 Å². The summed E-state index contributed by atoms with van der Waals surface area (Å²) in [6.45, 7) is 8.50. The number of phenolic OH excluding ortho intramolecular Hbond substituents is 2. The van der Waals surface area contributed by atoms with Crippen molar-refractivity contribution in [1.82, 2.24) is 0 Å². The average molecular weight is 234 g/mol. The number of hydrogen-bond donors (Lipinski definition) is 2. The Bertz CT molecular complexity index is 448. The van der Waals surface area contributed by atoms with Gasteiger partial charge in [0.05, 0.1) is 0 Å². The molecule has 1 fully saturated rings. The molecule has 0 aliphatic heterocycles. The summed E-state index contributed by atoms with van der Waals surface area (Å²) in [6, 6.07) is 3.86. The van der Waals surface area contributed by atoms with Crippen molar-refractivity contribution >= 4 is 0 Å². The number of aryl methyl sites for hydroxylation is 1. The lowest BCUT2D eigenvalue weighted by molar-refractivity contribution is 0.217. The van der Waals surface area contributed by atoms with Gasteiger partial charge in [0.15, 0.2) is 11.5 Å². The molecule has 0 unspecified atom stereocenters. The molecule has 1 aromatic carbocycles. The van der Waals surface area contributed by atoms with E-state index >= 15 is 0 Å². The van der Waals surface area contributed by atoms with Gasteiger partial charge in [0.2, 0.25) is 0 Å². The molecule has 2 nitrogen and oxygen atoms in total. The summed E-state index contributed by atoms with van der Waals surface area (Å²) < 4.78 is 0. The van der Waals surface area contributed by atoms with Gasteiger partial charge in [-0.15, -0.1) is 0 Å². The lowest BCUT2D eigenvalue weighted by Gasteiger charge is -2.39. The van der Waals surface area contributed by atoms with Gasteiger partial charge in [-0.25, -0.2) is 0 Å². The first-order valence-electron chi connectivity index (χ1n) is 6.32. The van der Waals surface area contributed by atoms with Crippen molar-refractivity contribution in [3.05, 3.63) is 23.3 Å². The monoisotopic (exact) mass is 234 g/mol. The molecule has 1 aliphatic carbocycles. The standard InChI is InChI=1S/C15H22O2/c1-10-6-7-11(13(17)12(10)16)15(4)9-5-8-14(15,2)3/h6-7,16-17H,5,8-9H2,1-4H3/t15-/m0/s1. The van der Waals surface area contributed by atoms with Crippen LogP contribution in [0, 0.1) is 12.3 Å². The highest BCUT2D eigenvalue weighted by Crippen LogP contribution is 2.56. The van der Waals surface area contributed by atoms with Crippen molar-refractivity contribution < 1.29 is 10.2 Å². The second kappa shape index (κ2) is 3.66. The first kappa shape index (κ1) is 12.3. The summed E-state index contributed by atoms with van der Waals surface area (Å²) in [5.41, 5.74) is 1.72.